The van der Waals surface area contributed by atoms with Gasteiger partial charge in [0.05, 0.1) is 21.0 Å². The third kappa shape index (κ3) is 4.16. The Hall–Kier alpha value is -2.49. The molecule has 1 heterocycles. The van der Waals surface area contributed by atoms with Gasteiger partial charge in [-0.25, -0.2) is 26.5 Å². The Bertz CT molecular complexity index is 1170. The summed E-state index contributed by atoms with van der Waals surface area (Å²) >= 11 is 0. The van der Waals surface area contributed by atoms with E-state index in [1.807, 2.05) is 0 Å². The van der Waals surface area contributed by atoms with Crippen molar-refractivity contribution in [1.29, 1.82) is 0 Å². The highest BCUT2D eigenvalue weighted by molar-refractivity contribution is 7.91. The fraction of sp³-hybridized carbons (Fsp3) is 0.211. The number of hydrogen-bond donors (Lipinski definition) is 1. The molecule has 9 heteroatoms. The topological polar surface area (TPSA) is 98.1 Å². The molecule has 148 valence electrons. The van der Waals surface area contributed by atoms with E-state index in [0.717, 1.165) is 0 Å². The molecule has 0 spiro atoms. The summed E-state index contributed by atoms with van der Waals surface area (Å²) in [4.78, 5) is 3.95. The molecule has 0 fully saturated rings. The number of sulfonamides is 1. The van der Waals surface area contributed by atoms with E-state index in [4.69, 9.17) is 0 Å². The second-order valence-corrected chi connectivity index (χ2v) is 10.1. The van der Waals surface area contributed by atoms with E-state index in [1.165, 1.54) is 24.3 Å². The highest BCUT2D eigenvalue weighted by Gasteiger charge is 2.24. The number of hydrogen-bond acceptors (Lipinski definition) is 5. The van der Waals surface area contributed by atoms with Crippen molar-refractivity contribution in [2.24, 2.45) is 0 Å². The molecule has 0 radical (unpaired) electrons. The Morgan fingerprint density at radius 1 is 1.00 bits per heavy atom. The second-order valence-electron chi connectivity index (χ2n) is 6.38. The lowest BCUT2D eigenvalue weighted by molar-refractivity contribution is 0.571. The smallest absolute Gasteiger partial charge is 0.240 e. The van der Waals surface area contributed by atoms with Gasteiger partial charge in [-0.05, 0) is 49.2 Å². The minimum Gasteiger partial charge on any atom is -0.336 e. The average molecular weight is 420 g/mol. The largest absolute Gasteiger partial charge is 0.336 e. The number of aromatic nitrogens is 2. The second kappa shape index (κ2) is 7.86. The zero-order chi connectivity index (χ0) is 20.4. The molecule has 0 saturated carbocycles. The molecule has 0 unspecified atom stereocenters. The molecule has 2 aromatic carbocycles. The lowest BCUT2D eigenvalue weighted by Crippen LogP contribution is -2.28. The van der Waals surface area contributed by atoms with Crippen LogP contribution in [0.15, 0.2) is 75.9 Å². The molecular weight excluding hydrogens is 398 g/mol. The van der Waals surface area contributed by atoms with E-state index in [-0.39, 0.29) is 21.2 Å². The summed E-state index contributed by atoms with van der Waals surface area (Å²) in [6, 6.07) is 10.7. The number of nitrogens with zero attached hydrogens (tertiary/aromatic N) is 2. The Morgan fingerprint density at radius 3 is 2.36 bits per heavy atom. The summed E-state index contributed by atoms with van der Waals surface area (Å²) in [5.41, 5.74) is 1.11. The van der Waals surface area contributed by atoms with Crippen molar-refractivity contribution in [3.8, 4) is 0 Å². The first-order chi connectivity index (χ1) is 13.2. The van der Waals surface area contributed by atoms with Gasteiger partial charge in [-0.3, -0.25) is 0 Å². The van der Waals surface area contributed by atoms with Crippen molar-refractivity contribution >= 4 is 19.9 Å². The quantitative estimate of drug-likeness (QED) is 0.634. The molecular formula is C19H21N3O4S2. The predicted octanol–water partition coefficient (Wildman–Crippen LogP) is 2.31. The van der Waals surface area contributed by atoms with E-state index in [2.05, 4.69) is 9.71 Å². The van der Waals surface area contributed by atoms with Crippen molar-refractivity contribution < 1.29 is 16.8 Å². The molecule has 1 N–H and O–H groups in total. The average Bonchev–Trinajstić information content (AvgIpc) is 3.17. The molecule has 0 atom stereocenters. The number of imidazole rings is 1. The maximum Gasteiger partial charge on any atom is 0.240 e. The van der Waals surface area contributed by atoms with Crippen LogP contribution in [0.1, 0.15) is 11.1 Å². The number of benzene rings is 2. The molecule has 0 bridgehead atoms. The highest BCUT2D eigenvalue weighted by Crippen LogP contribution is 2.27. The van der Waals surface area contributed by atoms with E-state index in [9.17, 15) is 16.8 Å². The Balaban J connectivity index is 1.95. The summed E-state index contributed by atoms with van der Waals surface area (Å²) in [7, 11) is -7.70. The van der Waals surface area contributed by atoms with Gasteiger partial charge >= 0.3 is 0 Å². The lowest BCUT2D eigenvalue weighted by Gasteiger charge is -2.14. The van der Waals surface area contributed by atoms with Crippen molar-refractivity contribution in [2.45, 2.75) is 35.1 Å². The van der Waals surface area contributed by atoms with Gasteiger partial charge in [-0.2, -0.15) is 0 Å². The van der Waals surface area contributed by atoms with E-state index in [1.54, 1.807) is 55.3 Å². The SMILES string of the molecule is Cc1cc(S(=O)(=O)c2ccccc2)cc(S(=O)(=O)NCCn2ccnc2)c1C. The summed E-state index contributed by atoms with van der Waals surface area (Å²) in [5.74, 6) is 0. The van der Waals surface area contributed by atoms with Crippen molar-refractivity contribution in [1.82, 2.24) is 14.3 Å². The van der Waals surface area contributed by atoms with E-state index >= 15 is 0 Å². The molecule has 0 aliphatic carbocycles. The normalized spacial score (nSPS) is 12.2. The minimum atomic E-state index is -3.88. The van der Waals surface area contributed by atoms with Crippen LogP contribution in [-0.2, 0) is 26.4 Å². The molecule has 1 aromatic heterocycles. The van der Waals surface area contributed by atoms with Gasteiger partial charge in [-0.1, -0.05) is 18.2 Å². The molecule has 0 amide bonds. The maximum atomic E-state index is 12.9. The fourth-order valence-corrected chi connectivity index (χ4v) is 5.60. The standard InChI is InChI=1S/C19H21N3O4S2/c1-15-12-18(27(23,24)17-6-4-3-5-7-17)13-19(16(15)2)28(25,26)21-9-11-22-10-8-20-14-22/h3-8,10,12-14,21H,9,11H2,1-2H3. The minimum absolute atomic E-state index is 0.0346. The van der Waals surface area contributed by atoms with Gasteiger partial charge in [0.2, 0.25) is 19.9 Å². The fourth-order valence-electron chi connectivity index (χ4n) is 2.77. The Labute approximate surface area is 165 Å². The van der Waals surface area contributed by atoms with E-state index < -0.39 is 19.9 Å². The van der Waals surface area contributed by atoms with Crippen LogP contribution in [0, 0.1) is 13.8 Å². The summed E-state index contributed by atoms with van der Waals surface area (Å²) in [6.45, 7) is 3.94. The number of rotatable bonds is 7. The monoisotopic (exact) mass is 419 g/mol. The molecule has 7 nitrogen and oxygen atoms in total. The summed E-state index contributed by atoms with van der Waals surface area (Å²) in [6.07, 6.45) is 4.94. The van der Waals surface area contributed by atoms with Crippen LogP contribution >= 0.6 is 0 Å². The molecule has 3 rings (SSSR count). The van der Waals surface area contributed by atoms with Crippen LogP contribution in [0.2, 0.25) is 0 Å². The molecule has 0 aliphatic rings. The van der Waals surface area contributed by atoms with Gasteiger partial charge in [0.15, 0.2) is 0 Å². The van der Waals surface area contributed by atoms with Gasteiger partial charge in [-0.15, -0.1) is 0 Å². The van der Waals surface area contributed by atoms with E-state index in [0.29, 0.717) is 17.7 Å². The zero-order valence-electron chi connectivity index (χ0n) is 15.5. The summed E-state index contributed by atoms with van der Waals surface area (Å²) in [5, 5.41) is 0. The zero-order valence-corrected chi connectivity index (χ0v) is 17.2. The van der Waals surface area contributed by atoms with Crippen LogP contribution < -0.4 is 4.72 Å². The molecule has 0 saturated heterocycles. The van der Waals surface area contributed by atoms with Crippen LogP contribution in [-0.4, -0.2) is 32.9 Å². The van der Waals surface area contributed by atoms with Crippen LogP contribution in [0.25, 0.3) is 0 Å². The highest BCUT2D eigenvalue weighted by atomic mass is 32.2. The lowest BCUT2D eigenvalue weighted by atomic mass is 10.1. The predicted molar refractivity (Wildman–Crippen MR) is 105 cm³/mol. The van der Waals surface area contributed by atoms with Crippen molar-refractivity contribution in [3.63, 3.8) is 0 Å². The van der Waals surface area contributed by atoms with Crippen LogP contribution in [0.5, 0.6) is 0 Å². The number of aryl methyl sites for hydroxylation is 1. The van der Waals surface area contributed by atoms with Crippen molar-refractivity contribution in [2.75, 3.05) is 6.54 Å². The third-order valence-corrected chi connectivity index (χ3v) is 7.80. The van der Waals surface area contributed by atoms with Crippen LogP contribution in [0.4, 0.5) is 0 Å². The van der Waals surface area contributed by atoms with Crippen LogP contribution in [0.3, 0.4) is 0 Å². The molecule has 0 aliphatic heterocycles. The third-order valence-electron chi connectivity index (χ3n) is 4.47. The summed E-state index contributed by atoms with van der Waals surface area (Å²) < 4.78 is 55.8. The van der Waals surface area contributed by atoms with Crippen molar-refractivity contribution in [3.05, 3.63) is 72.3 Å². The maximum absolute atomic E-state index is 12.9. The first-order valence-corrected chi connectivity index (χ1v) is 11.6. The first-order valence-electron chi connectivity index (χ1n) is 8.58. The van der Waals surface area contributed by atoms with Gasteiger partial charge in [0.25, 0.3) is 0 Å². The van der Waals surface area contributed by atoms with Gasteiger partial charge in [0.1, 0.15) is 0 Å². The molecule has 28 heavy (non-hydrogen) atoms. The van der Waals surface area contributed by atoms with Gasteiger partial charge < -0.3 is 4.57 Å². The Kier molecular flexibility index (Phi) is 5.69. The first kappa shape index (κ1) is 20.2. The number of sulfone groups is 1. The number of nitrogens with one attached hydrogen (secondary N) is 1. The van der Waals surface area contributed by atoms with Gasteiger partial charge in [0, 0.05) is 25.5 Å². The Morgan fingerprint density at radius 2 is 1.71 bits per heavy atom. The molecule has 3 aromatic rings.